The molecule has 0 aliphatic carbocycles. The second-order valence-corrected chi connectivity index (χ2v) is 13.1. The van der Waals surface area contributed by atoms with E-state index in [0.717, 1.165) is 10.9 Å². The standard InChI is InChI=1S/C36H48N10O9S/c37-23(12-13-30(48)49)31(50)44-25(11-6-14-40-36(38)39)32(51)42-18-29(47)43-27(16-21-17-41-24-10-5-4-9-22(21)24)34(53)45-26(15-20-7-2-1-3-8-20)33(52)46-28(19-56)35(54)55/h1-5,7-10,17,23,25-28,41,56H,6,11-16,18-19,37H2,(H,42,51)(H,43,47)(H,44,50)(H,45,53)(H,46,52)(H,48,49)(H,54,55)(H4,38,39,40)/t23-,25-,26-,27-,28-/m0/s1. The second-order valence-electron chi connectivity index (χ2n) is 12.8. The Morgan fingerprint density at radius 3 is 2.02 bits per heavy atom. The smallest absolute Gasteiger partial charge is 0.327 e. The molecule has 56 heavy (non-hydrogen) atoms. The number of carboxylic acids is 2. The van der Waals surface area contributed by atoms with Gasteiger partial charge in [-0.05, 0) is 36.5 Å². The molecule has 0 saturated carbocycles. The summed E-state index contributed by atoms with van der Waals surface area (Å²) in [4.78, 5) is 96.3. The Bertz CT molecular complexity index is 1870. The van der Waals surface area contributed by atoms with Crippen LogP contribution in [0.5, 0.6) is 0 Å². The summed E-state index contributed by atoms with van der Waals surface area (Å²) in [6, 6.07) is 9.63. The Labute approximate surface area is 327 Å². The molecule has 3 rings (SSSR count). The van der Waals surface area contributed by atoms with E-state index in [2.05, 4.69) is 49.2 Å². The maximum Gasteiger partial charge on any atom is 0.327 e. The summed E-state index contributed by atoms with van der Waals surface area (Å²) in [5.41, 5.74) is 18.6. The number of carbonyl (C=O) groups excluding carboxylic acids is 5. The highest BCUT2D eigenvalue weighted by Crippen LogP contribution is 2.19. The molecule has 0 fully saturated rings. The van der Waals surface area contributed by atoms with Crippen LogP contribution in [0.2, 0.25) is 0 Å². The lowest BCUT2D eigenvalue weighted by molar-refractivity contribution is -0.141. The van der Waals surface area contributed by atoms with Crippen LogP contribution in [0.15, 0.2) is 65.8 Å². The van der Waals surface area contributed by atoms with E-state index >= 15 is 0 Å². The van der Waals surface area contributed by atoms with Gasteiger partial charge in [-0.25, -0.2) is 4.79 Å². The van der Waals surface area contributed by atoms with Crippen molar-refractivity contribution in [3.8, 4) is 0 Å². The van der Waals surface area contributed by atoms with Crippen LogP contribution >= 0.6 is 12.6 Å². The molecule has 14 N–H and O–H groups in total. The number of H-pyrrole nitrogens is 1. The lowest BCUT2D eigenvalue weighted by atomic mass is 10.0. The maximum absolute atomic E-state index is 14.0. The predicted octanol–water partition coefficient (Wildman–Crippen LogP) is -1.73. The third kappa shape index (κ3) is 14.6. The Morgan fingerprint density at radius 2 is 1.38 bits per heavy atom. The number of para-hydroxylation sites is 1. The van der Waals surface area contributed by atoms with Gasteiger partial charge in [0.25, 0.3) is 0 Å². The van der Waals surface area contributed by atoms with E-state index in [-0.39, 0.29) is 56.8 Å². The van der Waals surface area contributed by atoms with E-state index < -0.39 is 78.2 Å². The van der Waals surface area contributed by atoms with Crippen molar-refractivity contribution in [1.29, 1.82) is 0 Å². The summed E-state index contributed by atoms with van der Waals surface area (Å²) >= 11 is 4.01. The minimum atomic E-state index is -1.34. The van der Waals surface area contributed by atoms with E-state index in [1.807, 2.05) is 18.2 Å². The molecule has 0 bridgehead atoms. The Kier molecular flexibility index (Phi) is 17.6. The van der Waals surface area contributed by atoms with Gasteiger partial charge in [0.1, 0.15) is 24.2 Å². The number of nitrogens with two attached hydrogens (primary N) is 3. The number of nitrogens with one attached hydrogen (secondary N) is 6. The second kappa shape index (κ2) is 22.3. The largest absolute Gasteiger partial charge is 0.481 e. The van der Waals surface area contributed by atoms with Gasteiger partial charge < -0.3 is 59.0 Å². The number of aromatic nitrogens is 1. The monoisotopic (exact) mass is 796 g/mol. The van der Waals surface area contributed by atoms with Crippen molar-refractivity contribution in [3.63, 3.8) is 0 Å². The summed E-state index contributed by atoms with van der Waals surface area (Å²) < 4.78 is 0. The molecule has 1 aromatic heterocycles. The number of nitrogens with zero attached hydrogens (tertiary/aromatic N) is 1. The summed E-state index contributed by atoms with van der Waals surface area (Å²) in [7, 11) is 0. The number of guanidine groups is 1. The predicted molar refractivity (Wildman–Crippen MR) is 209 cm³/mol. The number of carboxylic acid groups (broad SMARTS) is 2. The van der Waals surface area contributed by atoms with E-state index in [9.17, 15) is 38.7 Å². The van der Waals surface area contributed by atoms with Crippen molar-refractivity contribution < 1.29 is 43.8 Å². The third-order valence-corrected chi connectivity index (χ3v) is 8.84. The average molecular weight is 797 g/mol. The molecule has 0 aliphatic heterocycles. The maximum atomic E-state index is 14.0. The molecular weight excluding hydrogens is 749 g/mol. The number of hydrogen-bond donors (Lipinski definition) is 12. The van der Waals surface area contributed by atoms with Crippen LogP contribution in [0, 0.1) is 0 Å². The number of hydrogen-bond acceptors (Lipinski definition) is 10. The van der Waals surface area contributed by atoms with Crippen molar-refractivity contribution in [2.24, 2.45) is 22.2 Å². The van der Waals surface area contributed by atoms with Crippen LogP contribution in [0.25, 0.3) is 10.9 Å². The lowest BCUT2D eigenvalue weighted by Gasteiger charge is -2.25. The highest BCUT2D eigenvalue weighted by molar-refractivity contribution is 7.80. The van der Waals surface area contributed by atoms with Crippen molar-refractivity contribution in [2.75, 3.05) is 18.8 Å². The van der Waals surface area contributed by atoms with Crippen LogP contribution in [-0.4, -0.2) is 112 Å². The summed E-state index contributed by atoms with van der Waals surface area (Å²) in [5.74, 6) is -6.79. The molecule has 0 saturated heterocycles. The molecule has 5 atom stereocenters. The first-order valence-corrected chi connectivity index (χ1v) is 18.2. The van der Waals surface area contributed by atoms with Crippen molar-refractivity contribution in [2.45, 2.75) is 68.7 Å². The molecule has 0 unspecified atom stereocenters. The zero-order chi connectivity index (χ0) is 41.2. The molecule has 2 aromatic carbocycles. The topological polar surface area (TPSA) is 326 Å². The SMILES string of the molecule is NC(N)=NCCC[C@H](NC(=O)[C@@H](N)CCC(=O)O)C(=O)NCC(=O)N[C@@H](Cc1c[nH]c2ccccc12)C(=O)N[C@@H](Cc1ccccc1)C(=O)N[C@@H](CS)C(=O)O. The van der Waals surface area contributed by atoms with Gasteiger partial charge in [0.15, 0.2) is 5.96 Å². The summed E-state index contributed by atoms with van der Waals surface area (Å²) in [6.45, 7) is -0.523. The molecule has 0 spiro atoms. The van der Waals surface area contributed by atoms with Crippen LogP contribution in [-0.2, 0) is 46.4 Å². The zero-order valence-electron chi connectivity index (χ0n) is 30.4. The number of thiol groups is 1. The molecule has 302 valence electrons. The Morgan fingerprint density at radius 1 is 0.750 bits per heavy atom. The first-order chi connectivity index (χ1) is 26.7. The molecule has 0 radical (unpaired) electrons. The van der Waals surface area contributed by atoms with E-state index in [0.29, 0.717) is 11.1 Å². The van der Waals surface area contributed by atoms with Crippen LogP contribution in [0.4, 0.5) is 0 Å². The fraction of sp³-hybridized carbons (Fsp3) is 0.389. The number of rotatable bonds is 23. The molecule has 0 aliphatic rings. The van der Waals surface area contributed by atoms with Crippen molar-refractivity contribution in [3.05, 3.63) is 71.9 Å². The highest BCUT2D eigenvalue weighted by atomic mass is 32.1. The first kappa shape index (κ1) is 44.2. The van der Waals surface area contributed by atoms with Gasteiger partial charge in [-0.1, -0.05) is 48.5 Å². The van der Waals surface area contributed by atoms with Gasteiger partial charge in [0.05, 0.1) is 12.6 Å². The highest BCUT2D eigenvalue weighted by Gasteiger charge is 2.31. The number of benzene rings is 2. The number of amides is 5. The molecular formula is C36H48N10O9S. The molecule has 3 aromatic rings. The van der Waals surface area contributed by atoms with Gasteiger partial charge in [-0.2, -0.15) is 12.6 Å². The fourth-order valence-electron chi connectivity index (χ4n) is 5.52. The Balaban J connectivity index is 1.81. The Hall–Kier alpha value is -6.15. The fourth-order valence-corrected chi connectivity index (χ4v) is 5.76. The number of aromatic amines is 1. The minimum absolute atomic E-state index is 0.0165. The molecule has 1 heterocycles. The first-order valence-electron chi connectivity index (χ1n) is 17.6. The molecule has 5 amide bonds. The van der Waals surface area contributed by atoms with Gasteiger partial charge in [-0.15, -0.1) is 0 Å². The van der Waals surface area contributed by atoms with Crippen LogP contribution in [0.3, 0.4) is 0 Å². The summed E-state index contributed by atoms with van der Waals surface area (Å²) in [6.07, 6.45) is 1.30. The van der Waals surface area contributed by atoms with E-state index in [4.69, 9.17) is 22.3 Å². The van der Waals surface area contributed by atoms with E-state index in [1.165, 1.54) is 0 Å². The zero-order valence-corrected chi connectivity index (χ0v) is 31.3. The number of aliphatic imine (C=N–C) groups is 1. The minimum Gasteiger partial charge on any atom is -0.481 e. The van der Waals surface area contributed by atoms with Gasteiger partial charge >= 0.3 is 11.9 Å². The van der Waals surface area contributed by atoms with Gasteiger partial charge in [-0.3, -0.25) is 33.8 Å². The number of carbonyl (C=O) groups is 7. The van der Waals surface area contributed by atoms with Gasteiger partial charge in [0, 0.05) is 48.7 Å². The quantitative estimate of drug-likeness (QED) is 0.0221. The van der Waals surface area contributed by atoms with Gasteiger partial charge in [0.2, 0.25) is 29.5 Å². The summed E-state index contributed by atoms with van der Waals surface area (Å²) in [5, 5.41) is 31.8. The third-order valence-electron chi connectivity index (χ3n) is 8.47. The van der Waals surface area contributed by atoms with E-state index in [1.54, 1.807) is 42.6 Å². The normalized spacial score (nSPS) is 13.5. The van der Waals surface area contributed by atoms with Crippen molar-refractivity contribution in [1.82, 2.24) is 31.6 Å². The molecule has 20 heteroatoms. The number of aliphatic carboxylic acids is 2. The van der Waals surface area contributed by atoms with Crippen molar-refractivity contribution >= 4 is 71.0 Å². The molecule has 19 nitrogen and oxygen atoms in total. The lowest BCUT2D eigenvalue weighted by Crippen LogP contribution is -2.58. The number of fused-ring (bicyclic) bond motifs is 1. The van der Waals surface area contributed by atoms with Crippen LogP contribution in [0.1, 0.15) is 36.8 Å². The van der Waals surface area contributed by atoms with Crippen LogP contribution < -0.4 is 43.8 Å². The average Bonchev–Trinajstić information content (AvgIpc) is 3.58.